The standard InChI is InChI=1S/C20H26N4O4/c1-23-16(25)10-9-15(19(23)27)24-18(26)13-7-6-8-14(17(13)20(24)28)22-12-5-3-2-4-11-21/h6-8,15,22H,2-5,9-12,21H2,1H3. The zero-order chi connectivity index (χ0) is 20.3. The summed E-state index contributed by atoms with van der Waals surface area (Å²) in [5, 5.41) is 3.24. The molecular weight excluding hydrogens is 360 g/mol. The number of piperidine rings is 1. The van der Waals surface area contributed by atoms with E-state index in [4.69, 9.17) is 5.73 Å². The maximum Gasteiger partial charge on any atom is 0.264 e. The van der Waals surface area contributed by atoms with Crippen LogP contribution in [0.1, 0.15) is 59.2 Å². The number of hydrogen-bond acceptors (Lipinski definition) is 6. The number of likely N-dealkylation sites (N-methyl/N-ethyl adjacent to an activating group) is 1. The third-order valence-corrected chi connectivity index (χ3v) is 5.33. The van der Waals surface area contributed by atoms with E-state index in [2.05, 4.69) is 5.32 Å². The van der Waals surface area contributed by atoms with Crippen LogP contribution < -0.4 is 11.1 Å². The molecule has 1 aromatic carbocycles. The Hall–Kier alpha value is -2.74. The second-order valence-electron chi connectivity index (χ2n) is 7.18. The Morgan fingerprint density at radius 3 is 2.57 bits per heavy atom. The molecule has 1 aromatic rings. The summed E-state index contributed by atoms with van der Waals surface area (Å²) in [5.41, 5.74) is 6.69. The zero-order valence-electron chi connectivity index (χ0n) is 16.1. The van der Waals surface area contributed by atoms with Gasteiger partial charge in [0.25, 0.3) is 17.7 Å². The van der Waals surface area contributed by atoms with Gasteiger partial charge in [-0.2, -0.15) is 0 Å². The van der Waals surface area contributed by atoms with Crippen molar-refractivity contribution in [3.8, 4) is 0 Å². The van der Waals surface area contributed by atoms with Gasteiger partial charge < -0.3 is 11.1 Å². The van der Waals surface area contributed by atoms with E-state index in [1.807, 2.05) is 0 Å². The summed E-state index contributed by atoms with van der Waals surface area (Å²) < 4.78 is 0. The number of carbonyl (C=O) groups excluding carboxylic acids is 4. The average molecular weight is 386 g/mol. The SMILES string of the molecule is CN1C(=O)CCC(N2C(=O)c3cccc(NCCCCCCN)c3C2=O)C1=O. The second kappa shape index (κ2) is 8.52. The molecule has 0 aliphatic carbocycles. The Kier molecular flexibility index (Phi) is 6.08. The molecule has 3 rings (SSSR count). The second-order valence-corrected chi connectivity index (χ2v) is 7.18. The third kappa shape index (κ3) is 3.64. The van der Waals surface area contributed by atoms with E-state index in [0.29, 0.717) is 29.9 Å². The number of imide groups is 2. The summed E-state index contributed by atoms with van der Waals surface area (Å²) >= 11 is 0. The molecule has 0 radical (unpaired) electrons. The van der Waals surface area contributed by atoms with E-state index in [0.717, 1.165) is 35.5 Å². The normalized spacial score (nSPS) is 19.4. The predicted octanol–water partition coefficient (Wildman–Crippen LogP) is 1.36. The molecule has 1 saturated heterocycles. The van der Waals surface area contributed by atoms with E-state index in [1.165, 1.54) is 7.05 Å². The topological polar surface area (TPSA) is 113 Å². The maximum absolute atomic E-state index is 13.0. The van der Waals surface area contributed by atoms with Crippen molar-refractivity contribution < 1.29 is 19.2 Å². The Morgan fingerprint density at radius 2 is 1.82 bits per heavy atom. The fraction of sp³-hybridized carbons (Fsp3) is 0.500. The summed E-state index contributed by atoms with van der Waals surface area (Å²) in [6.07, 6.45) is 4.33. The van der Waals surface area contributed by atoms with Gasteiger partial charge in [-0.05, 0) is 37.9 Å². The van der Waals surface area contributed by atoms with Gasteiger partial charge >= 0.3 is 0 Å². The first kappa shape index (κ1) is 20.0. The summed E-state index contributed by atoms with van der Waals surface area (Å²) in [6, 6.07) is 4.16. The van der Waals surface area contributed by atoms with Gasteiger partial charge in [0.2, 0.25) is 5.91 Å². The highest BCUT2D eigenvalue weighted by molar-refractivity contribution is 6.25. The van der Waals surface area contributed by atoms with Gasteiger partial charge in [-0.1, -0.05) is 18.9 Å². The molecule has 2 aliphatic rings. The van der Waals surface area contributed by atoms with Gasteiger partial charge in [-0.15, -0.1) is 0 Å². The number of nitrogens with two attached hydrogens (primary N) is 1. The summed E-state index contributed by atoms with van der Waals surface area (Å²) in [7, 11) is 1.38. The van der Waals surface area contributed by atoms with Crippen molar-refractivity contribution in [1.82, 2.24) is 9.80 Å². The van der Waals surface area contributed by atoms with Gasteiger partial charge in [0.15, 0.2) is 0 Å². The molecule has 150 valence electrons. The van der Waals surface area contributed by atoms with Gasteiger partial charge in [0, 0.05) is 25.7 Å². The number of nitrogens with one attached hydrogen (secondary N) is 1. The van der Waals surface area contributed by atoms with Crippen molar-refractivity contribution in [3.63, 3.8) is 0 Å². The minimum absolute atomic E-state index is 0.133. The number of anilines is 1. The number of amides is 4. The number of fused-ring (bicyclic) bond motifs is 1. The van der Waals surface area contributed by atoms with Crippen LogP contribution in [0.4, 0.5) is 5.69 Å². The Bertz CT molecular complexity index is 807. The van der Waals surface area contributed by atoms with Crippen LogP contribution in [-0.4, -0.2) is 59.6 Å². The van der Waals surface area contributed by atoms with Crippen LogP contribution >= 0.6 is 0 Å². The minimum atomic E-state index is -0.931. The van der Waals surface area contributed by atoms with Crippen molar-refractivity contribution in [2.75, 3.05) is 25.5 Å². The van der Waals surface area contributed by atoms with Crippen LogP contribution in [0.3, 0.4) is 0 Å². The lowest BCUT2D eigenvalue weighted by molar-refractivity contribution is -0.149. The molecular formula is C20H26N4O4. The fourth-order valence-corrected chi connectivity index (χ4v) is 3.72. The van der Waals surface area contributed by atoms with Crippen molar-refractivity contribution in [2.24, 2.45) is 5.73 Å². The van der Waals surface area contributed by atoms with Crippen LogP contribution in [-0.2, 0) is 9.59 Å². The van der Waals surface area contributed by atoms with Crippen LogP contribution in [0.15, 0.2) is 18.2 Å². The predicted molar refractivity (Wildman–Crippen MR) is 104 cm³/mol. The van der Waals surface area contributed by atoms with Gasteiger partial charge in [0.05, 0.1) is 11.1 Å². The molecule has 2 heterocycles. The highest BCUT2D eigenvalue weighted by Crippen LogP contribution is 2.33. The number of likely N-dealkylation sites (tertiary alicyclic amines) is 1. The van der Waals surface area contributed by atoms with E-state index < -0.39 is 23.8 Å². The molecule has 0 saturated carbocycles. The molecule has 0 aromatic heterocycles. The van der Waals surface area contributed by atoms with E-state index >= 15 is 0 Å². The average Bonchev–Trinajstić information content (AvgIpc) is 2.94. The molecule has 0 bridgehead atoms. The van der Waals surface area contributed by atoms with Crippen molar-refractivity contribution in [1.29, 1.82) is 0 Å². The lowest BCUT2D eigenvalue weighted by Gasteiger charge is -2.32. The highest BCUT2D eigenvalue weighted by Gasteiger charge is 2.46. The minimum Gasteiger partial charge on any atom is -0.384 e. The number of carbonyl (C=O) groups is 4. The maximum atomic E-state index is 13.0. The number of unbranched alkanes of at least 4 members (excludes halogenated alkanes) is 3. The van der Waals surface area contributed by atoms with E-state index in [1.54, 1.807) is 18.2 Å². The van der Waals surface area contributed by atoms with Crippen molar-refractivity contribution in [3.05, 3.63) is 29.3 Å². The van der Waals surface area contributed by atoms with Gasteiger partial charge in [0.1, 0.15) is 6.04 Å². The first-order valence-electron chi connectivity index (χ1n) is 9.72. The Labute approximate surface area is 164 Å². The first-order chi connectivity index (χ1) is 13.5. The van der Waals surface area contributed by atoms with Crippen LogP contribution in [0, 0.1) is 0 Å². The quantitative estimate of drug-likeness (QED) is 0.515. The monoisotopic (exact) mass is 386 g/mol. The van der Waals surface area contributed by atoms with Gasteiger partial charge in [-0.25, -0.2) is 0 Å². The number of nitrogens with zero attached hydrogens (tertiary/aromatic N) is 2. The van der Waals surface area contributed by atoms with E-state index in [-0.39, 0.29) is 18.7 Å². The lowest BCUT2D eigenvalue weighted by Crippen LogP contribution is -2.54. The highest BCUT2D eigenvalue weighted by atomic mass is 16.2. The van der Waals surface area contributed by atoms with Crippen molar-refractivity contribution in [2.45, 2.75) is 44.6 Å². The van der Waals surface area contributed by atoms with Crippen molar-refractivity contribution >= 4 is 29.3 Å². The number of hydrogen-bond donors (Lipinski definition) is 2. The van der Waals surface area contributed by atoms with Gasteiger partial charge in [-0.3, -0.25) is 29.0 Å². The Balaban J connectivity index is 1.74. The molecule has 3 N–H and O–H groups in total. The van der Waals surface area contributed by atoms with Crippen LogP contribution in [0.25, 0.3) is 0 Å². The fourth-order valence-electron chi connectivity index (χ4n) is 3.72. The largest absolute Gasteiger partial charge is 0.384 e. The van der Waals surface area contributed by atoms with Crippen LogP contribution in [0.2, 0.25) is 0 Å². The third-order valence-electron chi connectivity index (χ3n) is 5.33. The molecule has 28 heavy (non-hydrogen) atoms. The van der Waals surface area contributed by atoms with Crippen LogP contribution in [0.5, 0.6) is 0 Å². The van der Waals surface area contributed by atoms with E-state index in [9.17, 15) is 19.2 Å². The lowest BCUT2D eigenvalue weighted by atomic mass is 10.0. The molecule has 1 atom stereocenters. The molecule has 4 amide bonds. The number of benzene rings is 1. The zero-order valence-corrected chi connectivity index (χ0v) is 16.1. The number of rotatable bonds is 8. The molecule has 1 fully saturated rings. The summed E-state index contributed by atoms with van der Waals surface area (Å²) in [5.74, 6) is -1.77. The first-order valence-corrected chi connectivity index (χ1v) is 9.72. The summed E-state index contributed by atoms with van der Waals surface area (Å²) in [4.78, 5) is 52.1. The Morgan fingerprint density at radius 1 is 1.07 bits per heavy atom. The molecule has 1 unspecified atom stereocenters. The molecule has 8 heteroatoms. The smallest absolute Gasteiger partial charge is 0.264 e. The molecule has 0 spiro atoms. The summed E-state index contributed by atoms with van der Waals surface area (Å²) in [6.45, 7) is 1.37. The molecule has 2 aliphatic heterocycles. The molecule has 8 nitrogen and oxygen atoms in total.